The smallest absolute Gasteiger partial charge is 0.322 e. The second kappa shape index (κ2) is 9.08. The van der Waals surface area contributed by atoms with E-state index in [2.05, 4.69) is 5.32 Å². The van der Waals surface area contributed by atoms with Gasteiger partial charge in [0.1, 0.15) is 0 Å². The molecule has 31 heavy (non-hydrogen) atoms. The molecule has 0 aliphatic carbocycles. The first kappa shape index (κ1) is 21.3. The van der Waals surface area contributed by atoms with Gasteiger partial charge in [-0.3, -0.25) is 0 Å². The summed E-state index contributed by atoms with van der Waals surface area (Å²) in [5.41, 5.74) is 3.74. The zero-order valence-corrected chi connectivity index (χ0v) is 18.7. The summed E-state index contributed by atoms with van der Waals surface area (Å²) in [7, 11) is 3.23. The minimum atomic E-state index is -0.271. The molecule has 1 aliphatic rings. The van der Waals surface area contributed by atoms with Crippen LogP contribution < -0.4 is 14.8 Å². The zero-order chi connectivity index (χ0) is 22.0. The van der Waals surface area contributed by atoms with Crippen molar-refractivity contribution in [2.24, 2.45) is 0 Å². The summed E-state index contributed by atoms with van der Waals surface area (Å²) in [5, 5.41) is 3.78. The van der Waals surface area contributed by atoms with E-state index in [0.29, 0.717) is 40.2 Å². The van der Waals surface area contributed by atoms with Crippen molar-refractivity contribution in [3.8, 4) is 11.5 Å². The van der Waals surface area contributed by atoms with E-state index < -0.39 is 0 Å². The number of hydrogen-bond donors (Lipinski definition) is 1. The average molecular weight is 457 g/mol. The maximum atomic E-state index is 13.3. The highest BCUT2D eigenvalue weighted by molar-refractivity contribution is 6.42. The summed E-state index contributed by atoms with van der Waals surface area (Å²) in [6.45, 7) is 0.551. The van der Waals surface area contributed by atoms with Gasteiger partial charge in [-0.05, 0) is 53.4 Å². The van der Waals surface area contributed by atoms with Crippen molar-refractivity contribution in [2.45, 2.75) is 12.5 Å². The Morgan fingerprint density at radius 3 is 2.35 bits per heavy atom. The lowest BCUT2D eigenvalue weighted by molar-refractivity contribution is 0.193. The van der Waals surface area contributed by atoms with E-state index in [1.54, 1.807) is 32.4 Å². The Kier molecular flexibility index (Phi) is 6.25. The summed E-state index contributed by atoms with van der Waals surface area (Å²) in [6, 6.07) is 18.5. The molecule has 0 fully saturated rings. The van der Waals surface area contributed by atoms with Crippen LogP contribution in [-0.4, -0.2) is 31.7 Å². The minimum absolute atomic E-state index is 0.215. The van der Waals surface area contributed by atoms with Crippen LogP contribution in [-0.2, 0) is 6.42 Å². The van der Waals surface area contributed by atoms with Crippen molar-refractivity contribution >= 4 is 34.9 Å². The summed E-state index contributed by atoms with van der Waals surface area (Å²) in [5.74, 6) is 1.32. The second-order valence-electron chi connectivity index (χ2n) is 7.22. The molecular weight excluding hydrogens is 435 g/mol. The summed E-state index contributed by atoms with van der Waals surface area (Å²) < 4.78 is 11.0. The molecule has 1 atom stereocenters. The van der Waals surface area contributed by atoms with E-state index in [-0.39, 0.29) is 12.1 Å². The first-order chi connectivity index (χ1) is 15.0. The maximum absolute atomic E-state index is 13.3. The number of anilines is 1. The Hall–Kier alpha value is -2.89. The van der Waals surface area contributed by atoms with Crippen LogP contribution in [0.2, 0.25) is 10.0 Å². The molecule has 7 heteroatoms. The number of nitrogens with zero attached hydrogens (tertiary/aromatic N) is 1. The molecule has 1 N–H and O–H groups in total. The molecule has 1 aliphatic heterocycles. The third kappa shape index (κ3) is 4.29. The van der Waals surface area contributed by atoms with Crippen molar-refractivity contribution in [2.75, 3.05) is 26.1 Å². The lowest BCUT2D eigenvalue weighted by Crippen LogP contribution is -2.43. The number of methoxy groups -OCH3 is 2. The Balaban J connectivity index is 1.74. The van der Waals surface area contributed by atoms with Gasteiger partial charge >= 0.3 is 6.03 Å². The molecule has 0 aromatic heterocycles. The standard InChI is InChI=1S/C24H22Cl2N2O3/c1-30-21-12-16-10-11-28(24(29)27-17-8-9-19(25)20(26)13-17)23(15-6-4-3-5-7-15)18(16)14-22(21)31-2/h3-9,12-14,23H,10-11H2,1-2H3,(H,27,29)/t23-/m1/s1. The number of rotatable bonds is 4. The van der Waals surface area contributed by atoms with Crippen LogP contribution >= 0.6 is 23.2 Å². The molecule has 0 saturated heterocycles. The number of hydrogen-bond acceptors (Lipinski definition) is 3. The van der Waals surface area contributed by atoms with E-state index >= 15 is 0 Å². The van der Waals surface area contributed by atoms with Crippen LogP contribution in [0.3, 0.4) is 0 Å². The predicted octanol–water partition coefficient (Wildman–Crippen LogP) is 6.19. The Morgan fingerprint density at radius 2 is 1.68 bits per heavy atom. The number of fused-ring (bicyclic) bond motifs is 1. The van der Waals surface area contributed by atoms with Gasteiger partial charge in [0.05, 0.1) is 30.3 Å². The predicted molar refractivity (Wildman–Crippen MR) is 124 cm³/mol. The normalized spacial score (nSPS) is 15.2. The maximum Gasteiger partial charge on any atom is 0.322 e. The van der Waals surface area contributed by atoms with E-state index in [0.717, 1.165) is 16.7 Å². The number of nitrogens with one attached hydrogen (secondary N) is 1. The van der Waals surface area contributed by atoms with Crippen molar-refractivity contribution < 1.29 is 14.3 Å². The van der Waals surface area contributed by atoms with Gasteiger partial charge in [0.2, 0.25) is 0 Å². The van der Waals surface area contributed by atoms with Crippen molar-refractivity contribution in [1.29, 1.82) is 0 Å². The van der Waals surface area contributed by atoms with Crippen molar-refractivity contribution in [3.63, 3.8) is 0 Å². The quantitative estimate of drug-likeness (QED) is 0.508. The summed E-state index contributed by atoms with van der Waals surface area (Å²) >= 11 is 12.1. The highest BCUT2D eigenvalue weighted by Gasteiger charge is 2.33. The lowest BCUT2D eigenvalue weighted by atomic mass is 9.88. The monoisotopic (exact) mass is 456 g/mol. The van der Waals surface area contributed by atoms with E-state index in [9.17, 15) is 4.79 Å². The van der Waals surface area contributed by atoms with Gasteiger partial charge in [-0.15, -0.1) is 0 Å². The van der Waals surface area contributed by atoms with Gasteiger partial charge in [0.25, 0.3) is 0 Å². The third-order valence-corrected chi connectivity index (χ3v) is 6.16. The third-order valence-electron chi connectivity index (χ3n) is 5.42. The Labute approximate surface area is 191 Å². The number of halogens is 2. The molecule has 0 bridgehead atoms. The van der Waals surface area contributed by atoms with Crippen LogP contribution in [0.1, 0.15) is 22.7 Å². The molecule has 2 amide bonds. The average Bonchev–Trinajstić information content (AvgIpc) is 2.80. The van der Waals surface area contributed by atoms with E-state index in [1.165, 1.54) is 0 Å². The van der Waals surface area contributed by atoms with Gasteiger partial charge in [0.15, 0.2) is 11.5 Å². The fourth-order valence-electron chi connectivity index (χ4n) is 3.93. The highest BCUT2D eigenvalue weighted by Crippen LogP contribution is 2.41. The number of ether oxygens (including phenoxy) is 2. The minimum Gasteiger partial charge on any atom is -0.493 e. The van der Waals surface area contributed by atoms with Crippen molar-refractivity contribution in [1.82, 2.24) is 4.90 Å². The molecule has 0 saturated carbocycles. The van der Waals surface area contributed by atoms with Crippen molar-refractivity contribution in [3.05, 3.63) is 87.4 Å². The van der Waals surface area contributed by atoms with Crippen LogP contribution in [0.5, 0.6) is 11.5 Å². The summed E-state index contributed by atoms with van der Waals surface area (Å²) in [4.78, 5) is 15.1. The molecule has 4 rings (SSSR count). The van der Waals surface area contributed by atoms with Crippen LogP contribution in [0.15, 0.2) is 60.7 Å². The van der Waals surface area contributed by atoms with Gasteiger partial charge in [-0.2, -0.15) is 0 Å². The van der Waals surface area contributed by atoms with Gasteiger partial charge in [-0.25, -0.2) is 4.79 Å². The first-order valence-corrected chi connectivity index (χ1v) is 10.6. The molecule has 5 nitrogen and oxygen atoms in total. The molecule has 0 radical (unpaired) electrons. The van der Waals surface area contributed by atoms with E-state index in [1.807, 2.05) is 47.4 Å². The lowest BCUT2D eigenvalue weighted by Gasteiger charge is -2.38. The highest BCUT2D eigenvalue weighted by atomic mass is 35.5. The summed E-state index contributed by atoms with van der Waals surface area (Å²) in [6.07, 6.45) is 0.702. The molecule has 160 valence electrons. The molecule has 3 aromatic carbocycles. The second-order valence-corrected chi connectivity index (χ2v) is 8.04. The SMILES string of the molecule is COc1cc2c(cc1OC)[C@@H](c1ccccc1)N(C(=O)Nc1ccc(Cl)c(Cl)c1)CC2. The molecule has 3 aromatic rings. The van der Waals surface area contributed by atoms with Gasteiger partial charge < -0.3 is 19.7 Å². The zero-order valence-electron chi connectivity index (χ0n) is 17.2. The van der Waals surface area contributed by atoms with Gasteiger partial charge in [-0.1, -0.05) is 53.5 Å². The number of benzene rings is 3. The van der Waals surface area contributed by atoms with Crippen LogP contribution in [0.25, 0.3) is 0 Å². The number of amides is 2. The first-order valence-electron chi connectivity index (χ1n) is 9.84. The van der Waals surface area contributed by atoms with Crippen LogP contribution in [0.4, 0.5) is 10.5 Å². The molecule has 1 heterocycles. The molecular formula is C24H22Cl2N2O3. The Bertz CT molecular complexity index is 1110. The number of urea groups is 1. The number of carbonyl (C=O) groups excluding carboxylic acids is 1. The Morgan fingerprint density at radius 1 is 0.968 bits per heavy atom. The molecule has 0 unspecified atom stereocenters. The van der Waals surface area contributed by atoms with Crippen LogP contribution in [0, 0.1) is 0 Å². The largest absolute Gasteiger partial charge is 0.493 e. The topological polar surface area (TPSA) is 50.8 Å². The van der Waals surface area contributed by atoms with Gasteiger partial charge in [0, 0.05) is 12.2 Å². The van der Waals surface area contributed by atoms with E-state index in [4.69, 9.17) is 32.7 Å². The number of carbonyl (C=O) groups is 1. The fraction of sp³-hybridized carbons (Fsp3) is 0.208. The fourth-order valence-corrected chi connectivity index (χ4v) is 4.23. The molecule has 0 spiro atoms.